The number of hydrogen-bond acceptors (Lipinski definition) is 10. The number of esters is 1. The zero-order chi connectivity index (χ0) is 25.7. The van der Waals surface area contributed by atoms with Gasteiger partial charge >= 0.3 is 5.97 Å². The third kappa shape index (κ3) is 6.19. The Hall–Kier alpha value is -3.50. The molecule has 3 heterocycles. The number of carbonyl (C=O) groups excluding carboxylic acids is 1. The summed E-state index contributed by atoms with van der Waals surface area (Å²) in [6.07, 6.45) is 3.18. The summed E-state index contributed by atoms with van der Waals surface area (Å²) >= 11 is 1.56. The Kier molecular flexibility index (Phi) is 7.85. The van der Waals surface area contributed by atoms with Crippen LogP contribution in [0.5, 0.6) is 5.75 Å². The Morgan fingerprint density at radius 2 is 1.89 bits per heavy atom. The molecule has 0 amide bonds. The first-order valence-electron chi connectivity index (χ1n) is 11.7. The van der Waals surface area contributed by atoms with Gasteiger partial charge in [-0.1, -0.05) is 23.4 Å². The fraction of sp³-hybridized carbons (Fsp3) is 0.385. The van der Waals surface area contributed by atoms with Crippen molar-refractivity contribution in [1.29, 1.82) is 0 Å². The summed E-state index contributed by atoms with van der Waals surface area (Å²) in [6, 6.07) is 8.02. The molecule has 190 valence electrons. The van der Waals surface area contributed by atoms with Crippen LogP contribution in [-0.2, 0) is 29.2 Å². The van der Waals surface area contributed by atoms with Crippen LogP contribution >= 0.6 is 11.3 Å². The molecule has 0 N–H and O–H groups in total. The normalized spacial score (nSPS) is 11.7. The maximum absolute atomic E-state index is 12.3. The molecular weight excluding hydrogens is 480 g/mol. The van der Waals surface area contributed by atoms with Gasteiger partial charge in [-0.3, -0.25) is 4.90 Å². The molecule has 10 heteroatoms. The number of rotatable bonds is 11. The highest BCUT2D eigenvalue weighted by molar-refractivity contribution is 7.13. The summed E-state index contributed by atoms with van der Waals surface area (Å²) in [5.41, 5.74) is 1.82. The van der Waals surface area contributed by atoms with Crippen LogP contribution in [0.1, 0.15) is 49.2 Å². The lowest BCUT2D eigenvalue weighted by atomic mass is 10.0. The molecule has 0 spiro atoms. The second kappa shape index (κ2) is 11.0. The smallest absolute Gasteiger partial charge is 0.349 e. The molecule has 3 aromatic heterocycles. The molecule has 0 bridgehead atoms. The van der Waals surface area contributed by atoms with Gasteiger partial charge in [0.1, 0.15) is 12.0 Å². The maximum atomic E-state index is 12.3. The number of aryl methyl sites for hydroxylation is 2. The SMILES string of the molecule is CCOC(=O)C(C)(C)Oc1c(C)cc(CN(Cc2ncco2)Cc2nc(-c3cccs3)no2)cc1C. The molecule has 9 nitrogen and oxygen atoms in total. The molecule has 0 atom stereocenters. The fourth-order valence-corrected chi connectivity index (χ4v) is 4.51. The van der Waals surface area contributed by atoms with Gasteiger partial charge in [0.15, 0.2) is 5.60 Å². The van der Waals surface area contributed by atoms with E-state index in [0.29, 0.717) is 49.6 Å². The van der Waals surface area contributed by atoms with Gasteiger partial charge in [0.25, 0.3) is 0 Å². The predicted molar refractivity (Wildman–Crippen MR) is 134 cm³/mol. The first-order chi connectivity index (χ1) is 17.2. The van der Waals surface area contributed by atoms with Crippen molar-refractivity contribution in [3.05, 3.63) is 70.6 Å². The molecule has 1 aromatic carbocycles. The number of thiophene rings is 1. The lowest BCUT2D eigenvalue weighted by Gasteiger charge is -2.27. The van der Waals surface area contributed by atoms with Gasteiger partial charge in [0.2, 0.25) is 17.6 Å². The van der Waals surface area contributed by atoms with Gasteiger partial charge in [-0.15, -0.1) is 11.3 Å². The lowest BCUT2D eigenvalue weighted by molar-refractivity contribution is -0.158. The highest BCUT2D eigenvalue weighted by atomic mass is 32.1. The van der Waals surface area contributed by atoms with Crippen molar-refractivity contribution in [3.63, 3.8) is 0 Å². The molecule has 4 rings (SSSR count). The lowest BCUT2D eigenvalue weighted by Crippen LogP contribution is -2.40. The first-order valence-corrected chi connectivity index (χ1v) is 12.6. The van der Waals surface area contributed by atoms with Crippen LogP contribution in [0.2, 0.25) is 0 Å². The summed E-state index contributed by atoms with van der Waals surface area (Å²) in [4.78, 5) is 24.2. The second-order valence-electron chi connectivity index (χ2n) is 8.95. The second-order valence-corrected chi connectivity index (χ2v) is 9.90. The minimum atomic E-state index is -1.09. The zero-order valence-electron chi connectivity index (χ0n) is 21.1. The van der Waals surface area contributed by atoms with Crippen LogP contribution in [0, 0.1) is 13.8 Å². The van der Waals surface area contributed by atoms with Crippen LogP contribution in [0.4, 0.5) is 0 Å². The van der Waals surface area contributed by atoms with Crippen LogP contribution < -0.4 is 4.74 Å². The van der Waals surface area contributed by atoms with E-state index >= 15 is 0 Å². The average Bonchev–Trinajstić information content (AvgIpc) is 3.59. The van der Waals surface area contributed by atoms with Gasteiger partial charge in [-0.2, -0.15) is 4.98 Å². The minimum Gasteiger partial charge on any atom is -0.476 e. The summed E-state index contributed by atoms with van der Waals surface area (Å²) in [5.74, 6) is 1.96. The Bertz CT molecular complexity index is 1260. The molecule has 0 saturated carbocycles. The van der Waals surface area contributed by atoms with Crippen LogP contribution in [0.15, 0.2) is 51.0 Å². The summed E-state index contributed by atoms with van der Waals surface area (Å²) < 4.78 is 22.3. The van der Waals surface area contributed by atoms with Crippen molar-refractivity contribution in [3.8, 4) is 16.5 Å². The quantitative estimate of drug-likeness (QED) is 0.248. The molecule has 36 heavy (non-hydrogen) atoms. The third-order valence-corrected chi connectivity index (χ3v) is 6.33. The number of hydrogen-bond donors (Lipinski definition) is 0. The topological polar surface area (TPSA) is 104 Å². The van der Waals surface area contributed by atoms with Crippen molar-refractivity contribution in [2.75, 3.05) is 6.61 Å². The molecule has 0 aliphatic carbocycles. The van der Waals surface area contributed by atoms with E-state index in [-0.39, 0.29) is 0 Å². The number of oxazole rings is 1. The zero-order valence-corrected chi connectivity index (χ0v) is 21.9. The number of carbonyl (C=O) groups is 1. The molecule has 0 radical (unpaired) electrons. The Morgan fingerprint density at radius 3 is 2.53 bits per heavy atom. The monoisotopic (exact) mass is 510 g/mol. The van der Waals surface area contributed by atoms with Crippen LogP contribution in [0.25, 0.3) is 10.7 Å². The maximum Gasteiger partial charge on any atom is 0.349 e. The van der Waals surface area contributed by atoms with Crippen molar-refractivity contribution in [2.24, 2.45) is 0 Å². The molecule has 0 aliphatic heterocycles. The highest BCUT2D eigenvalue weighted by Gasteiger charge is 2.32. The van der Waals surface area contributed by atoms with Gasteiger partial charge in [-0.05, 0) is 62.8 Å². The molecule has 0 fully saturated rings. The van der Waals surface area contributed by atoms with E-state index in [1.807, 2.05) is 31.4 Å². The number of benzene rings is 1. The highest BCUT2D eigenvalue weighted by Crippen LogP contribution is 2.30. The molecule has 0 unspecified atom stereocenters. The van der Waals surface area contributed by atoms with E-state index in [4.69, 9.17) is 18.4 Å². The van der Waals surface area contributed by atoms with E-state index in [9.17, 15) is 4.79 Å². The van der Waals surface area contributed by atoms with Gasteiger partial charge < -0.3 is 18.4 Å². The van der Waals surface area contributed by atoms with E-state index < -0.39 is 11.6 Å². The van der Waals surface area contributed by atoms with Crippen LogP contribution in [-0.4, -0.2) is 38.2 Å². The standard InChI is InChI=1S/C26H30N4O5S/c1-6-32-25(31)26(4,5)34-23-17(2)12-19(13-18(23)3)14-30(15-21-27-9-10-33-21)16-22-28-24(29-35-22)20-8-7-11-36-20/h7-13H,6,14-16H2,1-5H3. The van der Waals surface area contributed by atoms with Gasteiger partial charge in [-0.25, -0.2) is 9.78 Å². The summed E-state index contributed by atoms with van der Waals surface area (Å²) in [6.45, 7) is 10.9. The average molecular weight is 511 g/mol. The number of aromatic nitrogens is 3. The largest absolute Gasteiger partial charge is 0.476 e. The van der Waals surface area contributed by atoms with Gasteiger partial charge in [0, 0.05) is 6.54 Å². The Balaban J connectivity index is 1.53. The third-order valence-electron chi connectivity index (χ3n) is 5.46. The fourth-order valence-electron chi connectivity index (χ4n) is 3.86. The summed E-state index contributed by atoms with van der Waals surface area (Å²) in [5, 5.41) is 6.10. The molecular formula is C26H30N4O5S. The van der Waals surface area contributed by atoms with Crippen molar-refractivity contribution >= 4 is 17.3 Å². The molecule has 0 saturated heterocycles. The number of ether oxygens (including phenoxy) is 2. The summed E-state index contributed by atoms with van der Waals surface area (Å²) in [7, 11) is 0. The minimum absolute atomic E-state index is 0.303. The van der Waals surface area contributed by atoms with Crippen molar-refractivity contribution in [1.82, 2.24) is 20.0 Å². The van der Waals surface area contributed by atoms with E-state index in [2.05, 4.69) is 32.2 Å². The number of nitrogens with zero attached hydrogens (tertiary/aromatic N) is 4. The predicted octanol–water partition coefficient (Wildman–Crippen LogP) is 5.33. The van der Waals surface area contributed by atoms with E-state index in [1.54, 1.807) is 44.6 Å². The first kappa shape index (κ1) is 25.6. The van der Waals surface area contributed by atoms with Crippen molar-refractivity contribution < 1.29 is 23.2 Å². The molecule has 0 aliphatic rings. The molecule has 4 aromatic rings. The van der Waals surface area contributed by atoms with Gasteiger partial charge in [0.05, 0.1) is 30.8 Å². The van der Waals surface area contributed by atoms with Crippen molar-refractivity contribution in [2.45, 2.75) is 59.9 Å². The Labute approximate surface area is 214 Å². The van der Waals surface area contributed by atoms with Crippen LogP contribution in [0.3, 0.4) is 0 Å². The Morgan fingerprint density at radius 1 is 1.14 bits per heavy atom. The van der Waals surface area contributed by atoms with E-state index in [1.165, 1.54) is 0 Å². The van der Waals surface area contributed by atoms with E-state index in [0.717, 1.165) is 21.6 Å².